The highest BCUT2D eigenvalue weighted by Gasteiger charge is 2.45. The molecule has 1 atom stereocenters. The second kappa shape index (κ2) is 12.5. The average Bonchev–Trinajstić information content (AvgIpc) is 3.75. The highest BCUT2D eigenvalue weighted by molar-refractivity contribution is 7.85. The number of carbonyl (C=O) groups excluding carboxylic acids is 2. The van der Waals surface area contributed by atoms with Crippen LogP contribution in [-0.2, 0) is 16.5 Å². The summed E-state index contributed by atoms with van der Waals surface area (Å²) in [7, 11) is -0.0281. The standard InChI is InChI=1S/C36H34FN3O5S/c1-22-9-10-24(34(42)39-36(15-16-36)25-7-5-4-6-8-25)19-27(22)28-20-29-31(21-30(28)40(17-18-41)46(3)44)45-33(32(29)35(43)38-2)23-11-13-26(37)14-12-23/h4-14,19-21,41H,15-18H2,1-3H3,(H,38,43)(H,39,42). The summed E-state index contributed by atoms with van der Waals surface area (Å²) in [5.41, 5.74) is 4.85. The van der Waals surface area contributed by atoms with Gasteiger partial charge in [0.25, 0.3) is 11.8 Å². The molecule has 1 aliphatic carbocycles. The maximum Gasteiger partial charge on any atom is 0.255 e. The van der Waals surface area contributed by atoms with Crippen molar-refractivity contribution >= 4 is 39.5 Å². The van der Waals surface area contributed by atoms with E-state index < -0.39 is 28.2 Å². The van der Waals surface area contributed by atoms with Gasteiger partial charge in [-0.2, -0.15) is 0 Å². The van der Waals surface area contributed by atoms with E-state index in [4.69, 9.17) is 4.42 Å². The van der Waals surface area contributed by atoms with Crippen LogP contribution >= 0.6 is 0 Å². The lowest BCUT2D eigenvalue weighted by Gasteiger charge is -2.25. The Hall–Kier alpha value is -4.80. The van der Waals surface area contributed by atoms with Crippen molar-refractivity contribution in [1.29, 1.82) is 0 Å². The van der Waals surface area contributed by atoms with Crippen LogP contribution < -0.4 is 14.9 Å². The molecule has 1 aromatic heterocycles. The maximum atomic E-state index is 13.8. The molecule has 1 fully saturated rings. The number of aryl methyl sites for hydroxylation is 1. The fraction of sp³-hybridized carbons (Fsp3) is 0.222. The van der Waals surface area contributed by atoms with Crippen LogP contribution in [-0.4, -0.2) is 47.6 Å². The zero-order valence-corrected chi connectivity index (χ0v) is 26.5. The van der Waals surface area contributed by atoms with Gasteiger partial charge in [0.1, 0.15) is 28.1 Å². The number of hydrogen-bond acceptors (Lipinski definition) is 5. The second-order valence-electron chi connectivity index (χ2n) is 11.4. The minimum absolute atomic E-state index is 0.0638. The Kier molecular flexibility index (Phi) is 8.50. The molecule has 46 heavy (non-hydrogen) atoms. The van der Waals surface area contributed by atoms with Gasteiger partial charge in [0.15, 0.2) is 0 Å². The number of rotatable bonds is 10. The first-order valence-corrected chi connectivity index (χ1v) is 16.5. The molecule has 236 valence electrons. The third-order valence-corrected chi connectivity index (χ3v) is 9.47. The number of fused-ring (bicyclic) bond motifs is 1. The van der Waals surface area contributed by atoms with Crippen molar-refractivity contribution in [2.75, 3.05) is 30.8 Å². The zero-order valence-electron chi connectivity index (χ0n) is 25.7. The predicted octanol–water partition coefficient (Wildman–Crippen LogP) is 6.09. The van der Waals surface area contributed by atoms with Gasteiger partial charge in [-0.3, -0.25) is 13.9 Å². The van der Waals surface area contributed by atoms with Gasteiger partial charge in [-0.25, -0.2) is 8.60 Å². The van der Waals surface area contributed by atoms with Crippen LogP contribution in [0.3, 0.4) is 0 Å². The normalized spacial score (nSPS) is 14.1. The van der Waals surface area contributed by atoms with Gasteiger partial charge in [0.05, 0.1) is 29.9 Å². The molecule has 1 saturated carbocycles. The van der Waals surface area contributed by atoms with Crippen LogP contribution in [0.4, 0.5) is 10.1 Å². The molecule has 1 heterocycles. The van der Waals surface area contributed by atoms with Crippen molar-refractivity contribution in [1.82, 2.24) is 10.6 Å². The van der Waals surface area contributed by atoms with E-state index >= 15 is 0 Å². The number of anilines is 1. The molecular formula is C36H34FN3O5S. The topological polar surface area (TPSA) is 112 Å². The van der Waals surface area contributed by atoms with Crippen LogP contribution in [0.5, 0.6) is 0 Å². The maximum absolute atomic E-state index is 13.8. The van der Waals surface area contributed by atoms with Crippen LogP contribution in [0.1, 0.15) is 44.7 Å². The quantitative estimate of drug-likeness (QED) is 0.171. The van der Waals surface area contributed by atoms with E-state index in [2.05, 4.69) is 10.6 Å². The zero-order chi connectivity index (χ0) is 32.6. The third-order valence-electron chi connectivity index (χ3n) is 8.47. The number of aliphatic hydroxyl groups excluding tert-OH is 1. The Labute approximate surface area is 268 Å². The number of halogens is 1. The number of furan rings is 1. The summed E-state index contributed by atoms with van der Waals surface area (Å²) >= 11 is 0. The molecule has 2 amide bonds. The van der Waals surface area contributed by atoms with Gasteiger partial charge < -0.3 is 20.2 Å². The van der Waals surface area contributed by atoms with Crippen molar-refractivity contribution in [3.05, 3.63) is 113 Å². The molecule has 0 spiro atoms. The smallest absolute Gasteiger partial charge is 0.255 e. The highest BCUT2D eigenvalue weighted by Crippen LogP contribution is 2.46. The first-order chi connectivity index (χ1) is 22.2. The molecule has 0 saturated heterocycles. The van der Waals surface area contributed by atoms with Crippen molar-refractivity contribution < 1.29 is 27.7 Å². The summed E-state index contributed by atoms with van der Waals surface area (Å²) in [4.78, 5) is 27.0. The molecule has 5 aromatic rings. The minimum Gasteiger partial charge on any atom is -0.455 e. The monoisotopic (exact) mass is 639 g/mol. The molecule has 3 N–H and O–H groups in total. The van der Waals surface area contributed by atoms with Gasteiger partial charge in [-0.15, -0.1) is 0 Å². The third kappa shape index (κ3) is 5.81. The molecule has 10 heteroatoms. The number of nitrogens with one attached hydrogen (secondary N) is 2. The molecule has 0 aliphatic heterocycles. The number of benzene rings is 4. The average molecular weight is 640 g/mol. The van der Waals surface area contributed by atoms with Crippen LogP contribution in [0.15, 0.2) is 89.3 Å². The lowest BCUT2D eigenvalue weighted by atomic mass is 9.93. The summed E-state index contributed by atoms with van der Waals surface area (Å²) in [6.07, 6.45) is 3.21. The fourth-order valence-corrected chi connectivity index (χ4v) is 6.67. The predicted molar refractivity (Wildman–Crippen MR) is 178 cm³/mol. The van der Waals surface area contributed by atoms with Crippen LogP contribution in [0.25, 0.3) is 33.4 Å². The molecule has 0 bridgehead atoms. The van der Waals surface area contributed by atoms with Crippen molar-refractivity contribution in [3.8, 4) is 22.5 Å². The number of nitrogens with zero attached hydrogens (tertiary/aromatic N) is 1. The van der Waals surface area contributed by atoms with E-state index in [9.17, 15) is 23.3 Å². The molecule has 0 radical (unpaired) electrons. The van der Waals surface area contributed by atoms with E-state index in [0.29, 0.717) is 38.9 Å². The molecule has 1 aliphatic rings. The first-order valence-electron chi connectivity index (χ1n) is 15.0. The minimum atomic E-state index is -1.54. The van der Waals surface area contributed by atoms with Crippen LogP contribution in [0.2, 0.25) is 0 Å². The number of amides is 2. The fourth-order valence-electron chi connectivity index (χ4n) is 5.90. The van der Waals surface area contributed by atoms with Crippen molar-refractivity contribution in [3.63, 3.8) is 0 Å². The van der Waals surface area contributed by atoms with E-state index in [-0.39, 0.29) is 30.4 Å². The van der Waals surface area contributed by atoms with E-state index in [1.807, 2.05) is 43.3 Å². The Balaban J connectivity index is 1.53. The molecule has 4 aromatic carbocycles. The van der Waals surface area contributed by atoms with Gasteiger partial charge in [-0.05, 0) is 78.9 Å². The second-order valence-corrected chi connectivity index (χ2v) is 12.7. The molecule has 6 rings (SSSR count). The molecule has 1 unspecified atom stereocenters. The lowest BCUT2D eigenvalue weighted by molar-refractivity contribution is 0.0929. The Bertz CT molecular complexity index is 1970. The van der Waals surface area contributed by atoms with E-state index in [1.54, 1.807) is 28.6 Å². The number of hydrogen-bond donors (Lipinski definition) is 3. The largest absolute Gasteiger partial charge is 0.455 e. The first kappa shape index (κ1) is 31.2. The summed E-state index contributed by atoms with van der Waals surface area (Å²) in [5, 5.41) is 16.3. The van der Waals surface area contributed by atoms with Crippen molar-refractivity contribution in [2.45, 2.75) is 25.3 Å². The van der Waals surface area contributed by atoms with Gasteiger partial charge in [0, 0.05) is 41.4 Å². The van der Waals surface area contributed by atoms with E-state index in [0.717, 1.165) is 24.0 Å². The number of aliphatic hydroxyl groups is 1. The van der Waals surface area contributed by atoms with Gasteiger partial charge in [0.2, 0.25) is 0 Å². The summed E-state index contributed by atoms with van der Waals surface area (Å²) < 4.78 is 34.6. The summed E-state index contributed by atoms with van der Waals surface area (Å²) in [6.45, 7) is 1.71. The Morgan fingerprint density at radius 2 is 1.70 bits per heavy atom. The SMILES string of the molecule is CNC(=O)c1c(-c2ccc(F)cc2)oc2cc(N(CCO)S(C)=O)c(-c3cc(C(=O)NC4(c5ccccc5)CC4)ccc3C)cc12. The van der Waals surface area contributed by atoms with E-state index in [1.165, 1.54) is 37.6 Å². The van der Waals surface area contributed by atoms with Gasteiger partial charge >= 0.3 is 0 Å². The van der Waals surface area contributed by atoms with Crippen LogP contribution in [0, 0.1) is 12.7 Å². The van der Waals surface area contributed by atoms with Gasteiger partial charge in [-0.1, -0.05) is 36.4 Å². The summed E-state index contributed by atoms with van der Waals surface area (Å²) in [6, 6.07) is 24.5. The van der Waals surface area contributed by atoms with Crippen molar-refractivity contribution in [2.24, 2.45) is 0 Å². The Morgan fingerprint density at radius 3 is 2.33 bits per heavy atom. The highest BCUT2D eigenvalue weighted by atomic mass is 32.2. The Morgan fingerprint density at radius 1 is 0.978 bits per heavy atom. The number of carbonyl (C=O) groups is 2. The summed E-state index contributed by atoms with van der Waals surface area (Å²) in [5.74, 6) is -0.788. The molecular weight excluding hydrogens is 605 g/mol. The molecule has 8 nitrogen and oxygen atoms in total. The lowest BCUT2D eigenvalue weighted by Crippen LogP contribution is -2.34.